The molecular formula is C15H19NO4. The van der Waals surface area contributed by atoms with Crippen molar-refractivity contribution in [2.24, 2.45) is 5.73 Å². The molecule has 20 heavy (non-hydrogen) atoms. The normalized spacial score (nSPS) is 12.9. The van der Waals surface area contributed by atoms with Gasteiger partial charge in [-0.1, -0.05) is 24.3 Å². The quantitative estimate of drug-likeness (QED) is 0.417. The summed E-state index contributed by atoms with van der Waals surface area (Å²) in [6.45, 7) is 2.05. The summed E-state index contributed by atoms with van der Waals surface area (Å²) in [4.78, 5) is 11.6. The van der Waals surface area contributed by atoms with Gasteiger partial charge in [0.25, 0.3) is 0 Å². The molecule has 108 valence electrons. The van der Waals surface area contributed by atoms with Gasteiger partial charge < -0.3 is 20.7 Å². The number of phenolic OH excluding ortho intramolecular Hbond substituents is 2. The van der Waals surface area contributed by atoms with E-state index in [0.29, 0.717) is 5.56 Å². The van der Waals surface area contributed by atoms with Gasteiger partial charge in [-0.15, -0.1) is 0 Å². The van der Waals surface area contributed by atoms with Gasteiger partial charge in [-0.3, -0.25) is 4.79 Å². The average Bonchev–Trinajstić information content (AvgIpc) is 2.42. The van der Waals surface area contributed by atoms with Crippen molar-refractivity contribution >= 4 is 5.97 Å². The van der Waals surface area contributed by atoms with Crippen molar-refractivity contribution in [2.75, 3.05) is 6.61 Å². The van der Waals surface area contributed by atoms with Crippen LogP contribution < -0.4 is 5.73 Å². The van der Waals surface area contributed by atoms with E-state index in [4.69, 9.17) is 10.5 Å². The first-order valence-corrected chi connectivity index (χ1v) is 6.25. The van der Waals surface area contributed by atoms with Crippen LogP contribution in [0.2, 0.25) is 0 Å². The van der Waals surface area contributed by atoms with Crippen LogP contribution in [0.15, 0.2) is 42.5 Å². The van der Waals surface area contributed by atoms with E-state index >= 15 is 0 Å². The van der Waals surface area contributed by atoms with Gasteiger partial charge in [-0.05, 0) is 37.1 Å². The molecule has 0 aliphatic heterocycles. The van der Waals surface area contributed by atoms with Crippen LogP contribution in [0.3, 0.4) is 0 Å². The van der Waals surface area contributed by atoms with Gasteiger partial charge in [0.15, 0.2) is 11.5 Å². The number of rotatable bonds is 6. The van der Waals surface area contributed by atoms with Gasteiger partial charge in [0, 0.05) is 0 Å². The third-order valence-corrected chi connectivity index (χ3v) is 2.56. The van der Waals surface area contributed by atoms with E-state index < -0.39 is 12.0 Å². The summed E-state index contributed by atoms with van der Waals surface area (Å²) >= 11 is 0. The highest BCUT2D eigenvalue weighted by Gasteiger charge is 2.15. The van der Waals surface area contributed by atoms with Crippen LogP contribution in [0.1, 0.15) is 12.5 Å². The first-order valence-electron chi connectivity index (χ1n) is 6.25. The molecule has 0 aliphatic rings. The third kappa shape index (κ3) is 5.16. The molecule has 1 rings (SSSR count). The monoisotopic (exact) mass is 277 g/mol. The molecule has 0 heterocycles. The molecule has 0 aromatic heterocycles. The molecule has 0 saturated heterocycles. The summed E-state index contributed by atoms with van der Waals surface area (Å²) < 4.78 is 4.98. The standard InChI is InChI=1S/C15H19NO4/c1-2-3-4-5-8-20-15(19)12(16)9-11-6-7-13(17)14(18)10-11/h2-7,10,12,17-18H,8-9,16H2,1H3/b3-2+,5-4+. The lowest BCUT2D eigenvalue weighted by Crippen LogP contribution is -2.34. The number of hydrogen-bond acceptors (Lipinski definition) is 5. The maximum atomic E-state index is 11.6. The molecule has 1 aromatic rings. The maximum absolute atomic E-state index is 11.6. The molecule has 0 bridgehead atoms. The van der Waals surface area contributed by atoms with Gasteiger partial charge in [-0.25, -0.2) is 0 Å². The molecule has 0 radical (unpaired) electrons. The number of aromatic hydroxyl groups is 2. The highest BCUT2D eigenvalue weighted by molar-refractivity contribution is 5.76. The van der Waals surface area contributed by atoms with Crippen LogP contribution in [0, 0.1) is 0 Å². The molecule has 0 amide bonds. The largest absolute Gasteiger partial charge is 0.504 e. The molecule has 1 unspecified atom stereocenters. The fraction of sp³-hybridized carbons (Fsp3) is 0.267. The molecule has 4 N–H and O–H groups in total. The Morgan fingerprint density at radius 2 is 2.10 bits per heavy atom. The Balaban J connectivity index is 2.46. The zero-order chi connectivity index (χ0) is 15.0. The topological polar surface area (TPSA) is 92.8 Å². The molecule has 1 atom stereocenters. The number of hydrogen-bond donors (Lipinski definition) is 3. The lowest BCUT2D eigenvalue weighted by atomic mass is 10.1. The summed E-state index contributed by atoms with van der Waals surface area (Å²) in [6.07, 6.45) is 7.40. The fourth-order valence-corrected chi connectivity index (χ4v) is 1.52. The molecule has 0 fully saturated rings. The third-order valence-electron chi connectivity index (χ3n) is 2.56. The summed E-state index contributed by atoms with van der Waals surface area (Å²) in [6, 6.07) is 3.50. The van der Waals surface area contributed by atoms with E-state index in [1.165, 1.54) is 12.1 Å². The molecule has 0 spiro atoms. The van der Waals surface area contributed by atoms with Gasteiger partial charge in [0.1, 0.15) is 12.6 Å². The van der Waals surface area contributed by atoms with Gasteiger partial charge in [0.05, 0.1) is 0 Å². The molecular weight excluding hydrogens is 258 g/mol. The molecule has 5 nitrogen and oxygen atoms in total. The number of phenols is 2. The van der Waals surface area contributed by atoms with Crippen LogP contribution in [-0.2, 0) is 16.0 Å². The van der Waals surface area contributed by atoms with Crippen molar-refractivity contribution in [1.29, 1.82) is 0 Å². The predicted molar refractivity (Wildman–Crippen MR) is 76.4 cm³/mol. The minimum atomic E-state index is -0.811. The van der Waals surface area contributed by atoms with E-state index in [1.54, 1.807) is 18.2 Å². The molecule has 0 aliphatic carbocycles. The van der Waals surface area contributed by atoms with E-state index in [-0.39, 0.29) is 24.5 Å². The van der Waals surface area contributed by atoms with E-state index in [1.807, 2.05) is 19.1 Å². The van der Waals surface area contributed by atoms with Crippen LogP contribution in [0.25, 0.3) is 0 Å². The SMILES string of the molecule is C/C=C/C=C/COC(=O)C(N)Cc1ccc(O)c(O)c1. The average molecular weight is 277 g/mol. The van der Waals surface area contributed by atoms with Crippen molar-refractivity contribution in [3.05, 3.63) is 48.1 Å². The minimum Gasteiger partial charge on any atom is -0.504 e. The van der Waals surface area contributed by atoms with Crippen LogP contribution in [-0.4, -0.2) is 28.8 Å². The van der Waals surface area contributed by atoms with Crippen molar-refractivity contribution in [3.63, 3.8) is 0 Å². The predicted octanol–water partition coefficient (Wildman–Crippen LogP) is 1.64. The van der Waals surface area contributed by atoms with Gasteiger partial charge in [-0.2, -0.15) is 0 Å². The number of benzene rings is 1. The Kier molecular flexibility index (Phi) is 6.32. The van der Waals surface area contributed by atoms with Gasteiger partial charge >= 0.3 is 5.97 Å². The van der Waals surface area contributed by atoms with E-state index in [0.717, 1.165) is 0 Å². The second-order valence-electron chi connectivity index (χ2n) is 4.22. The lowest BCUT2D eigenvalue weighted by molar-refractivity contribution is -0.143. The Morgan fingerprint density at radius 1 is 1.35 bits per heavy atom. The number of carbonyl (C=O) groups is 1. The van der Waals surface area contributed by atoms with Crippen molar-refractivity contribution < 1.29 is 19.7 Å². The number of allylic oxidation sites excluding steroid dienone is 3. The smallest absolute Gasteiger partial charge is 0.323 e. The summed E-state index contributed by atoms with van der Waals surface area (Å²) in [5, 5.41) is 18.5. The second kappa shape index (κ2) is 8.01. The van der Waals surface area contributed by atoms with Crippen LogP contribution in [0.5, 0.6) is 11.5 Å². The summed E-state index contributed by atoms with van der Waals surface area (Å²) in [5.74, 6) is -0.959. The first kappa shape index (κ1) is 15.8. The Labute approximate surface area is 118 Å². The fourth-order valence-electron chi connectivity index (χ4n) is 1.52. The maximum Gasteiger partial charge on any atom is 0.323 e. The number of nitrogens with two attached hydrogens (primary N) is 1. The van der Waals surface area contributed by atoms with Crippen LogP contribution in [0.4, 0.5) is 0 Å². The first-order chi connectivity index (χ1) is 9.54. The second-order valence-corrected chi connectivity index (χ2v) is 4.22. The van der Waals surface area contributed by atoms with Gasteiger partial charge in [0.2, 0.25) is 0 Å². The zero-order valence-corrected chi connectivity index (χ0v) is 11.3. The highest BCUT2D eigenvalue weighted by atomic mass is 16.5. The molecule has 5 heteroatoms. The Bertz CT molecular complexity index is 509. The molecule has 1 aromatic carbocycles. The lowest BCUT2D eigenvalue weighted by Gasteiger charge is -2.11. The highest BCUT2D eigenvalue weighted by Crippen LogP contribution is 2.25. The summed E-state index contributed by atoms with van der Waals surface area (Å²) in [7, 11) is 0. The van der Waals surface area contributed by atoms with Crippen molar-refractivity contribution in [3.8, 4) is 11.5 Å². The number of ether oxygens (including phenoxy) is 1. The zero-order valence-electron chi connectivity index (χ0n) is 11.3. The van der Waals surface area contributed by atoms with E-state index in [9.17, 15) is 15.0 Å². The van der Waals surface area contributed by atoms with Crippen molar-refractivity contribution in [1.82, 2.24) is 0 Å². The summed E-state index contributed by atoms with van der Waals surface area (Å²) in [5.41, 5.74) is 6.37. The minimum absolute atomic E-state index is 0.164. The Hall–Kier alpha value is -2.27. The number of esters is 1. The number of carbonyl (C=O) groups excluding carboxylic acids is 1. The van der Waals surface area contributed by atoms with Crippen molar-refractivity contribution in [2.45, 2.75) is 19.4 Å². The Morgan fingerprint density at radius 3 is 2.75 bits per heavy atom. The van der Waals surface area contributed by atoms with E-state index in [2.05, 4.69) is 0 Å². The van der Waals surface area contributed by atoms with Crippen LogP contribution >= 0.6 is 0 Å². The molecule has 0 saturated carbocycles.